The number of hydrogen-bond donors (Lipinski definition) is 2. The fourth-order valence-corrected chi connectivity index (χ4v) is 2.89. The van der Waals surface area contributed by atoms with E-state index in [0.717, 1.165) is 23.3 Å². The lowest BCUT2D eigenvalue weighted by Gasteiger charge is -2.15. The van der Waals surface area contributed by atoms with Crippen LogP contribution in [0, 0.1) is 0 Å². The summed E-state index contributed by atoms with van der Waals surface area (Å²) in [6.45, 7) is 3.93. The molecule has 1 heterocycles. The molecule has 0 unspecified atom stereocenters. The summed E-state index contributed by atoms with van der Waals surface area (Å²) in [7, 11) is 0. The number of aromatic hydroxyl groups is 2. The van der Waals surface area contributed by atoms with E-state index in [1.165, 1.54) is 16.7 Å². The van der Waals surface area contributed by atoms with Gasteiger partial charge in [-0.1, -0.05) is 11.1 Å². The van der Waals surface area contributed by atoms with E-state index in [1.54, 1.807) is 0 Å². The van der Waals surface area contributed by atoms with Crippen LogP contribution in [0.25, 0.3) is 5.69 Å². The van der Waals surface area contributed by atoms with Gasteiger partial charge in [0.2, 0.25) is 11.8 Å². The average molecular weight is 323 g/mol. The molecule has 1 aliphatic carbocycles. The second-order valence-corrected chi connectivity index (χ2v) is 5.90. The number of alkyl halides is 3. The van der Waals surface area contributed by atoms with Crippen molar-refractivity contribution in [2.24, 2.45) is 0 Å². The van der Waals surface area contributed by atoms with Crippen LogP contribution in [-0.2, 0) is 19.0 Å². The van der Waals surface area contributed by atoms with Crippen LogP contribution < -0.4 is 0 Å². The van der Waals surface area contributed by atoms with Crippen LogP contribution in [0.2, 0.25) is 0 Å². The number of aromatic nitrogens is 1. The van der Waals surface area contributed by atoms with E-state index in [0.29, 0.717) is 24.0 Å². The lowest BCUT2D eigenvalue weighted by atomic mass is 9.90. The Bertz CT molecular complexity index is 761. The molecule has 0 saturated carbocycles. The molecule has 2 aromatic rings. The standard InChI is InChI=1S/C17H16F3NO2/c1-9-7-13-14(8-10(9)2)16(23)21(15(13)22)12-5-3-11(4-6-12)17(18,19)20/h3-6,22-23H,7-8H2,1-2H3. The van der Waals surface area contributed by atoms with E-state index in [4.69, 9.17) is 0 Å². The van der Waals surface area contributed by atoms with Gasteiger partial charge >= 0.3 is 6.18 Å². The minimum atomic E-state index is -4.42. The first-order chi connectivity index (χ1) is 10.7. The average Bonchev–Trinajstić information content (AvgIpc) is 2.71. The highest BCUT2D eigenvalue weighted by Crippen LogP contribution is 2.42. The summed E-state index contributed by atoms with van der Waals surface area (Å²) in [6, 6.07) is 4.34. The molecule has 23 heavy (non-hydrogen) atoms. The maximum absolute atomic E-state index is 12.6. The van der Waals surface area contributed by atoms with Gasteiger partial charge in [-0.2, -0.15) is 13.2 Å². The molecule has 0 bridgehead atoms. The van der Waals surface area contributed by atoms with Crippen molar-refractivity contribution in [3.8, 4) is 17.4 Å². The molecule has 0 fully saturated rings. The van der Waals surface area contributed by atoms with Crippen LogP contribution in [0.3, 0.4) is 0 Å². The molecule has 122 valence electrons. The SMILES string of the molecule is CC1=C(C)Cc2c(c(O)n(-c3ccc(C(F)(F)F)cc3)c2O)C1. The van der Waals surface area contributed by atoms with Crippen molar-refractivity contribution in [1.29, 1.82) is 0 Å². The summed E-state index contributed by atoms with van der Waals surface area (Å²) < 4.78 is 39.1. The summed E-state index contributed by atoms with van der Waals surface area (Å²) in [5.74, 6) is -0.242. The number of rotatable bonds is 1. The molecule has 1 aliphatic rings. The summed E-state index contributed by atoms with van der Waals surface area (Å²) in [5, 5.41) is 20.8. The molecule has 0 saturated heterocycles. The van der Waals surface area contributed by atoms with Gasteiger partial charge in [-0.3, -0.25) is 4.57 Å². The number of hydrogen-bond acceptors (Lipinski definition) is 2. The smallest absolute Gasteiger partial charge is 0.416 e. The van der Waals surface area contributed by atoms with Gasteiger partial charge in [-0.15, -0.1) is 0 Å². The highest BCUT2D eigenvalue weighted by atomic mass is 19.4. The van der Waals surface area contributed by atoms with Gasteiger partial charge in [0.15, 0.2) is 0 Å². The van der Waals surface area contributed by atoms with Crippen molar-refractivity contribution < 1.29 is 23.4 Å². The quantitative estimate of drug-likeness (QED) is 0.767. The van der Waals surface area contributed by atoms with Gasteiger partial charge in [0.25, 0.3) is 0 Å². The second-order valence-electron chi connectivity index (χ2n) is 5.90. The Hall–Kier alpha value is -2.37. The van der Waals surface area contributed by atoms with E-state index in [9.17, 15) is 23.4 Å². The van der Waals surface area contributed by atoms with Crippen LogP contribution in [0.15, 0.2) is 35.4 Å². The van der Waals surface area contributed by atoms with Crippen LogP contribution in [0.5, 0.6) is 11.8 Å². The van der Waals surface area contributed by atoms with Crippen molar-refractivity contribution in [2.75, 3.05) is 0 Å². The fourth-order valence-electron chi connectivity index (χ4n) is 2.89. The highest BCUT2D eigenvalue weighted by molar-refractivity contribution is 5.57. The lowest BCUT2D eigenvalue weighted by molar-refractivity contribution is -0.137. The van der Waals surface area contributed by atoms with E-state index < -0.39 is 11.7 Å². The molecule has 0 spiro atoms. The van der Waals surface area contributed by atoms with Gasteiger partial charge in [-0.05, 0) is 51.0 Å². The maximum Gasteiger partial charge on any atom is 0.416 e. The maximum atomic E-state index is 12.6. The molecule has 0 aliphatic heterocycles. The summed E-state index contributed by atoms with van der Waals surface area (Å²) in [4.78, 5) is 0. The first-order valence-electron chi connectivity index (χ1n) is 7.17. The number of halogens is 3. The normalized spacial score (nSPS) is 15.0. The van der Waals surface area contributed by atoms with E-state index in [2.05, 4.69) is 0 Å². The summed E-state index contributed by atoms with van der Waals surface area (Å²) >= 11 is 0. The van der Waals surface area contributed by atoms with Gasteiger partial charge in [0.1, 0.15) is 0 Å². The lowest BCUT2D eigenvalue weighted by Crippen LogP contribution is -2.04. The van der Waals surface area contributed by atoms with Crippen LogP contribution in [0.4, 0.5) is 13.2 Å². The Morgan fingerprint density at radius 1 is 0.870 bits per heavy atom. The number of nitrogens with zero attached hydrogens (tertiary/aromatic N) is 1. The summed E-state index contributed by atoms with van der Waals surface area (Å²) in [6.07, 6.45) is -3.38. The molecule has 2 N–H and O–H groups in total. The first-order valence-corrected chi connectivity index (χ1v) is 7.17. The molecular weight excluding hydrogens is 307 g/mol. The van der Waals surface area contributed by atoms with Gasteiger partial charge in [0, 0.05) is 11.1 Å². The molecule has 0 radical (unpaired) electrons. The predicted octanol–water partition coefficient (Wildman–Crippen LogP) is 4.34. The Morgan fingerprint density at radius 3 is 1.70 bits per heavy atom. The minimum absolute atomic E-state index is 0.121. The van der Waals surface area contributed by atoms with Gasteiger partial charge in [-0.25, -0.2) is 0 Å². The second kappa shape index (κ2) is 5.08. The van der Waals surface area contributed by atoms with E-state index in [-0.39, 0.29) is 17.4 Å². The largest absolute Gasteiger partial charge is 0.494 e. The zero-order chi connectivity index (χ0) is 16.9. The van der Waals surface area contributed by atoms with Crippen molar-refractivity contribution >= 4 is 0 Å². The van der Waals surface area contributed by atoms with Crippen molar-refractivity contribution in [3.63, 3.8) is 0 Å². The van der Waals surface area contributed by atoms with Crippen LogP contribution >= 0.6 is 0 Å². The van der Waals surface area contributed by atoms with Crippen molar-refractivity contribution in [3.05, 3.63) is 52.1 Å². The van der Waals surface area contributed by atoms with Crippen LogP contribution in [0.1, 0.15) is 30.5 Å². The third-order valence-electron chi connectivity index (χ3n) is 4.39. The Labute approximate surface area is 131 Å². The number of fused-ring (bicyclic) bond motifs is 1. The van der Waals surface area contributed by atoms with E-state index >= 15 is 0 Å². The molecule has 0 amide bonds. The van der Waals surface area contributed by atoms with Crippen LogP contribution in [-0.4, -0.2) is 14.8 Å². The number of benzene rings is 1. The monoisotopic (exact) mass is 323 g/mol. The summed E-state index contributed by atoms with van der Waals surface area (Å²) in [5.41, 5.74) is 3.02. The predicted molar refractivity (Wildman–Crippen MR) is 79.9 cm³/mol. The minimum Gasteiger partial charge on any atom is -0.494 e. The van der Waals surface area contributed by atoms with Gasteiger partial charge in [0.05, 0.1) is 11.3 Å². The molecule has 6 heteroatoms. The third kappa shape index (κ3) is 2.48. The Morgan fingerprint density at radius 2 is 1.30 bits per heavy atom. The molecule has 0 atom stereocenters. The third-order valence-corrected chi connectivity index (χ3v) is 4.39. The first kappa shape index (κ1) is 15.5. The topological polar surface area (TPSA) is 45.4 Å². The zero-order valence-electron chi connectivity index (χ0n) is 12.7. The molecule has 1 aromatic heterocycles. The zero-order valence-corrected chi connectivity index (χ0v) is 12.7. The fraction of sp³-hybridized carbons (Fsp3) is 0.294. The van der Waals surface area contributed by atoms with E-state index in [1.807, 2.05) is 13.8 Å². The van der Waals surface area contributed by atoms with Crippen molar-refractivity contribution in [2.45, 2.75) is 32.9 Å². The van der Waals surface area contributed by atoms with Gasteiger partial charge < -0.3 is 10.2 Å². The molecule has 3 rings (SSSR count). The Kier molecular flexibility index (Phi) is 3.43. The Balaban J connectivity index is 2.07. The molecular formula is C17H16F3NO2. The molecule has 1 aromatic carbocycles. The molecule has 3 nitrogen and oxygen atoms in total. The highest BCUT2D eigenvalue weighted by Gasteiger charge is 2.31. The number of allylic oxidation sites excluding steroid dienone is 2. The van der Waals surface area contributed by atoms with Crippen molar-refractivity contribution in [1.82, 2.24) is 4.57 Å².